The van der Waals surface area contributed by atoms with E-state index in [1.807, 2.05) is 27.7 Å². The molecular formula is C41H68N6O8S. The molecule has 14 nitrogen and oxygen atoms in total. The second-order valence-electron chi connectivity index (χ2n) is 20.5. The van der Waals surface area contributed by atoms with Gasteiger partial charge in [0.05, 0.1) is 0 Å². The van der Waals surface area contributed by atoms with Crippen LogP contribution in [0.3, 0.4) is 0 Å². The van der Waals surface area contributed by atoms with Crippen molar-refractivity contribution in [2.45, 2.75) is 175 Å². The van der Waals surface area contributed by atoms with E-state index in [1.165, 1.54) is 4.31 Å². The largest absolute Gasteiger partial charge is 0.444 e. The minimum absolute atomic E-state index is 0.0120. The first-order valence-corrected chi connectivity index (χ1v) is 22.6. The van der Waals surface area contributed by atoms with Crippen molar-refractivity contribution in [3.8, 4) is 0 Å². The average molecular weight is 805 g/mol. The fourth-order valence-electron chi connectivity index (χ4n) is 11.2. The molecule has 6 atom stereocenters. The first-order valence-electron chi connectivity index (χ1n) is 21.2. The summed E-state index contributed by atoms with van der Waals surface area (Å²) in [7, 11) is -4.08. The van der Waals surface area contributed by atoms with E-state index in [-0.39, 0.29) is 28.1 Å². The van der Waals surface area contributed by atoms with Crippen LogP contribution in [0.15, 0.2) is 0 Å². The molecule has 5 amide bonds. The molecule has 4 N–H and O–H groups in total. The molecule has 4 saturated carbocycles. The van der Waals surface area contributed by atoms with Crippen LogP contribution in [0.25, 0.3) is 0 Å². The molecule has 6 fully saturated rings. The van der Waals surface area contributed by atoms with Crippen LogP contribution >= 0.6 is 0 Å². The molecule has 4 aliphatic carbocycles. The Hall–Kier alpha value is -2.94. The van der Waals surface area contributed by atoms with Crippen LogP contribution < -0.4 is 20.7 Å². The molecule has 0 radical (unpaired) electrons. The molecule has 2 saturated heterocycles. The minimum Gasteiger partial charge on any atom is -0.444 e. The van der Waals surface area contributed by atoms with E-state index in [0.717, 1.165) is 64.2 Å². The summed E-state index contributed by atoms with van der Waals surface area (Å²) in [6.45, 7) is 18.3. The molecule has 0 unspecified atom stereocenters. The Bertz CT molecular complexity index is 1690. The van der Waals surface area contributed by atoms with Crippen LogP contribution in [-0.2, 0) is 34.1 Å². The average Bonchev–Trinajstić information content (AvgIpc) is 3.54. The van der Waals surface area contributed by atoms with Crippen LogP contribution in [0.1, 0.15) is 146 Å². The van der Waals surface area contributed by atoms with Crippen LogP contribution in [0.2, 0.25) is 0 Å². The summed E-state index contributed by atoms with van der Waals surface area (Å²) in [5.41, 5.74) is -3.44. The summed E-state index contributed by atoms with van der Waals surface area (Å²) in [4.78, 5) is 72.7. The van der Waals surface area contributed by atoms with Gasteiger partial charge in [-0.25, -0.2) is 9.52 Å². The van der Waals surface area contributed by atoms with Gasteiger partial charge in [-0.1, -0.05) is 73.6 Å². The maximum atomic E-state index is 15.1. The van der Waals surface area contributed by atoms with Gasteiger partial charge in [-0.15, -0.1) is 0 Å². The van der Waals surface area contributed by atoms with Crippen LogP contribution in [-0.4, -0.2) is 96.2 Å². The maximum Gasteiger partial charge on any atom is 0.408 e. The lowest BCUT2D eigenvalue weighted by molar-refractivity contribution is -0.145. The topological polar surface area (TPSA) is 183 Å². The number of fused-ring (bicyclic) bond motifs is 1. The second kappa shape index (κ2) is 14.7. The zero-order valence-electron chi connectivity index (χ0n) is 35.3. The smallest absolute Gasteiger partial charge is 0.408 e. The highest BCUT2D eigenvalue weighted by Crippen LogP contribution is 2.88. The quantitative estimate of drug-likeness (QED) is 0.235. The molecule has 56 heavy (non-hydrogen) atoms. The van der Waals surface area contributed by atoms with Crippen LogP contribution in [0.5, 0.6) is 0 Å². The predicted molar refractivity (Wildman–Crippen MR) is 211 cm³/mol. The number of rotatable bonds is 11. The highest BCUT2D eigenvalue weighted by molar-refractivity contribution is 7.87. The predicted octanol–water partition coefficient (Wildman–Crippen LogP) is 4.53. The number of carbonyl (C=O) groups excluding carboxylic acids is 5. The van der Waals surface area contributed by atoms with E-state index < -0.39 is 74.6 Å². The monoisotopic (exact) mass is 804 g/mol. The highest BCUT2D eigenvalue weighted by Gasteiger charge is 2.85. The number of hydrogen-bond acceptors (Lipinski definition) is 8. The highest BCUT2D eigenvalue weighted by atomic mass is 32.2. The van der Waals surface area contributed by atoms with Crippen LogP contribution in [0.4, 0.5) is 4.79 Å². The first-order chi connectivity index (χ1) is 26.0. The van der Waals surface area contributed by atoms with Gasteiger partial charge < -0.3 is 25.6 Å². The third-order valence-electron chi connectivity index (χ3n) is 14.8. The molecular weight excluding hydrogens is 737 g/mol. The molecule has 6 aliphatic rings. The summed E-state index contributed by atoms with van der Waals surface area (Å²) < 4.78 is 35.4. The number of carbonyl (C=O) groups is 5. The third-order valence-corrected chi connectivity index (χ3v) is 16.3. The van der Waals surface area contributed by atoms with Crippen molar-refractivity contribution in [3.63, 3.8) is 0 Å². The number of likely N-dealkylation sites (tertiary alicyclic amines) is 1. The van der Waals surface area contributed by atoms with Gasteiger partial charge in [-0.05, 0) is 100 Å². The Morgan fingerprint density at radius 1 is 0.839 bits per heavy atom. The third kappa shape index (κ3) is 7.45. The lowest BCUT2D eigenvalue weighted by Crippen LogP contribution is -2.62. The van der Waals surface area contributed by atoms with Gasteiger partial charge in [0.2, 0.25) is 17.7 Å². The lowest BCUT2D eigenvalue weighted by Gasteiger charge is -2.38. The summed E-state index contributed by atoms with van der Waals surface area (Å²) in [6, 6.07) is -2.89. The van der Waals surface area contributed by atoms with Crippen molar-refractivity contribution in [1.82, 2.24) is 29.9 Å². The van der Waals surface area contributed by atoms with Gasteiger partial charge in [-0.2, -0.15) is 12.7 Å². The number of hydrogen-bond donors (Lipinski definition) is 4. The van der Waals surface area contributed by atoms with Crippen molar-refractivity contribution in [2.24, 2.45) is 33.5 Å². The Labute approximate surface area is 334 Å². The molecule has 6 rings (SSSR count). The van der Waals surface area contributed by atoms with Gasteiger partial charge in [0.25, 0.3) is 5.91 Å². The van der Waals surface area contributed by atoms with E-state index in [2.05, 4.69) is 34.5 Å². The van der Waals surface area contributed by atoms with Crippen molar-refractivity contribution >= 4 is 39.9 Å². The normalized spacial score (nSPS) is 30.9. The molecule has 2 aliphatic heterocycles. The second-order valence-corrected chi connectivity index (χ2v) is 22.1. The molecule has 0 aromatic rings. The molecule has 0 aromatic carbocycles. The van der Waals surface area contributed by atoms with E-state index in [0.29, 0.717) is 38.9 Å². The zero-order valence-corrected chi connectivity index (χ0v) is 36.1. The molecule has 2 spiro atoms. The van der Waals surface area contributed by atoms with Gasteiger partial charge in [0, 0.05) is 25.0 Å². The van der Waals surface area contributed by atoms with Gasteiger partial charge in [-0.3, -0.25) is 19.2 Å². The summed E-state index contributed by atoms with van der Waals surface area (Å²) in [6.07, 6.45) is 9.52. The number of nitrogens with zero attached hydrogens (tertiary/aromatic N) is 2. The maximum absolute atomic E-state index is 15.1. The van der Waals surface area contributed by atoms with Crippen molar-refractivity contribution < 1.29 is 37.1 Å². The van der Waals surface area contributed by atoms with Crippen molar-refractivity contribution in [2.75, 3.05) is 19.6 Å². The van der Waals surface area contributed by atoms with Gasteiger partial charge in [0.15, 0.2) is 0 Å². The van der Waals surface area contributed by atoms with Gasteiger partial charge in [0.1, 0.15) is 29.3 Å². The standard InChI is InChI=1S/C41H68N6O8S/c1-10-27-23-41(27,34(51)45-56(53,54)46-21-14-15-22-46)44-31(48)28-24-40(38(8,9)39(40)19-16-20-39)25-47(28)33(50)30(36(2,3)4)43-32(49)29(26-17-12-11-13-18-26)42-35(52)55-37(5,6)7/h26-30H,10-25H2,1-9H3,(H,42,52)(H,43,49)(H,44,48)(H,45,51)/t27-,28+,29+,30-,40-,41-/m1/s1. The Morgan fingerprint density at radius 3 is 1.96 bits per heavy atom. The fourth-order valence-corrected chi connectivity index (χ4v) is 12.5. The molecule has 0 bridgehead atoms. The fraction of sp³-hybridized carbons (Fsp3) is 0.878. The summed E-state index contributed by atoms with van der Waals surface area (Å²) in [5, 5.41) is 8.90. The van der Waals surface area contributed by atoms with E-state index >= 15 is 4.79 Å². The van der Waals surface area contributed by atoms with E-state index in [1.54, 1.807) is 25.7 Å². The molecule has 2 heterocycles. The van der Waals surface area contributed by atoms with Crippen LogP contribution in [0, 0.1) is 33.5 Å². The number of alkyl carbamates (subject to hydrolysis) is 1. The number of nitrogens with one attached hydrogen (secondary N) is 4. The zero-order chi connectivity index (χ0) is 41.3. The Balaban J connectivity index is 1.27. The van der Waals surface area contributed by atoms with Gasteiger partial charge >= 0.3 is 16.3 Å². The van der Waals surface area contributed by atoms with E-state index in [9.17, 15) is 27.6 Å². The molecule has 0 aromatic heterocycles. The lowest BCUT2D eigenvalue weighted by atomic mass is 9.73. The minimum atomic E-state index is -4.08. The number of ether oxygens (including phenoxy) is 1. The van der Waals surface area contributed by atoms with Crippen molar-refractivity contribution in [1.29, 1.82) is 0 Å². The Kier molecular flexibility index (Phi) is 11.2. The Morgan fingerprint density at radius 2 is 1.46 bits per heavy atom. The SMILES string of the molecule is CC[C@@H]1C[C@]1(NC(=O)[C@@H]1C[C@@]2(CN1C(=O)[C@@H](NC(=O)[C@@H](NC(=O)OC(C)(C)C)C1CCCCC1)C(C)(C)C)C(C)(C)C21CCC1)C(=O)NS(=O)(=O)N1CCCC1. The van der Waals surface area contributed by atoms with E-state index in [4.69, 9.17) is 4.74 Å². The number of amides is 5. The van der Waals surface area contributed by atoms with Crippen molar-refractivity contribution in [3.05, 3.63) is 0 Å². The molecule has 15 heteroatoms. The molecule has 316 valence electrons. The first kappa shape index (κ1) is 42.7. The summed E-state index contributed by atoms with van der Waals surface area (Å²) in [5.74, 6) is -2.48. The summed E-state index contributed by atoms with van der Waals surface area (Å²) >= 11 is 0.